The zero-order valence-electron chi connectivity index (χ0n) is 8.16. The lowest BCUT2D eigenvalue weighted by molar-refractivity contribution is 0.736. The van der Waals surface area contributed by atoms with Gasteiger partial charge in [0.1, 0.15) is 0 Å². The summed E-state index contributed by atoms with van der Waals surface area (Å²) in [5.41, 5.74) is 1.28. The quantitative estimate of drug-likeness (QED) is 0.678. The maximum absolute atomic E-state index is 3.13. The molecule has 0 saturated carbocycles. The number of hydrogen-bond donors (Lipinski definition) is 1. The summed E-state index contributed by atoms with van der Waals surface area (Å²) in [6.07, 6.45) is 6.76. The van der Waals surface area contributed by atoms with Crippen molar-refractivity contribution in [3.63, 3.8) is 0 Å². The number of unbranched alkanes of at least 4 members (excludes halogenated alkanes) is 1. The van der Waals surface area contributed by atoms with Crippen LogP contribution in [-0.4, -0.2) is 13.6 Å². The fraction of sp³-hybridized carbons (Fsp3) is 0.333. The Morgan fingerprint density at radius 2 is 2.00 bits per heavy atom. The third-order valence-electron chi connectivity index (χ3n) is 1.91. The molecule has 1 rings (SSSR count). The van der Waals surface area contributed by atoms with Gasteiger partial charge >= 0.3 is 0 Å². The number of benzene rings is 1. The van der Waals surface area contributed by atoms with Crippen LogP contribution < -0.4 is 5.32 Å². The molecule has 0 bridgehead atoms. The van der Waals surface area contributed by atoms with Gasteiger partial charge in [0.15, 0.2) is 0 Å². The number of nitrogens with one attached hydrogen (secondary N) is 1. The highest BCUT2D eigenvalue weighted by Gasteiger charge is 1.83. The predicted octanol–water partition coefficient (Wildman–Crippen LogP) is 2.70. The Labute approximate surface area is 80.5 Å². The van der Waals surface area contributed by atoms with Crippen LogP contribution in [0.25, 0.3) is 6.08 Å². The first-order valence-corrected chi connectivity index (χ1v) is 4.79. The van der Waals surface area contributed by atoms with Crippen LogP contribution in [0, 0.1) is 0 Å². The minimum absolute atomic E-state index is 1.10. The Morgan fingerprint density at radius 1 is 1.23 bits per heavy atom. The van der Waals surface area contributed by atoms with E-state index >= 15 is 0 Å². The molecule has 0 saturated heterocycles. The Balaban J connectivity index is 2.25. The second-order valence-electron chi connectivity index (χ2n) is 3.06. The molecule has 1 N–H and O–H groups in total. The van der Waals surface area contributed by atoms with Crippen LogP contribution in [0.1, 0.15) is 18.4 Å². The fourth-order valence-corrected chi connectivity index (χ4v) is 1.18. The van der Waals surface area contributed by atoms with Crippen molar-refractivity contribution in [1.82, 2.24) is 5.32 Å². The molecule has 70 valence electrons. The highest BCUT2D eigenvalue weighted by Crippen LogP contribution is 2.02. The Morgan fingerprint density at radius 3 is 2.69 bits per heavy atom. The molecular formula is C12H17N. The van der Waals surface area contributed by atoms with Gasteiger partial charge in [0.25, 0.3) is 0 Å². The molecule has 1 nitrogen and oxygen atoms in total. The Bertz CT molecular complexity index is 239. The summed E-state index contributed by atoms with van der Waals surface area (Å²) in [6.45, 7) is 1.10. The molecule has 0 unspecified atom stereocenters. The van der Waals surface area contributed by atoms with Crippen molar-refractivity contribution in [3.8, 4) is 0 Å². The van der Waals surface area contributed by atoms with Gasteiger partial charge < -0.3 is 5.32 Å². The maximum Gasteiger partial charge on any atom is -0.00490 e. The molecule has 0 aromatic heterocycles. The van der Waals surface area contributed by atoms with E-state index in [2.05, 4.69) is 41.7 Å². The second kappa shape index (κ2) is 6.44. The molecule has 0 heterocycles. The molecule has 1 aromatic rings. The smallest absolute Gasteiger partial charge is 0.00490 e. The van der Waals surface area contributed by atoms with E-state index < -0.39 is 0 Å². The molecule has 0 aliphatic rings. The van der Waals surface area contributed by atoms with Crippen molar-refractivity contribution in [2.24, 2.45) is 0 Å². The first-order valence-electron chi connectivity index (χ1n) is 4.79. The minimum atomic E-state index is 1.10. The average molecular weight is 175 g/mol. The third-order valence-corrected chi connectivity index (χ3v) is 1.91. The van der Waals surface area contributed by atoms with Crippen LogP contribution >= 0.6 is 0 Å². The van der Waals surface area contributed by atoms with Crippen LogP contribution in [0.3, 0.4) is 0 Å². The van der Waals surface area contributed by atoms with Crippen molar-refractivity contribution in [1.29, 1.82) is 0 Å². The fourth-order valence-electron chi connectivity index (χ4n) is 1.18. The van der Waals surface area contributed by atoms with Crippen molar-refractivity contribution in [3.05, 3.63) is 42.0 Å². The summed E-state index contributed by atoms with van der Waals surface area (Å²) >= 11 is 0. The lowest BCUT2D eigenvalue weighted by Gasteiger charge is -1.94. The summed E-state index contributed by atoms with van der Waals surface area (Å²) in [4.78, 5) is 0. The first-order chi connectivity index (χ1) is 6.43. The van der Waals surface area contributed by atoms with E-state index in [9.17, 15) is 0 Å². The van der Waals surface area contributed by atoms with E-state index in [0.29, 0.717) is 0 Å². The van der Waals surface area contributed by atoms with Crippen LogP contribution in [-0.2, 0) is 0 Å². The molecule has 1 heteroatoms. The summed E-state index contributed by atoms with van der Waals surface area (Å²) < 4.78 is 0. The minimum Gasteiger partial charge on any atom is -0.320 e. The highest BCUT2D eigenvalue weighted by molar-refractivity contribution is 5.48. The monoisotopic (exact) mass is 175 g/mol. The van der Waals surface area contributed by atoms with Crippen LogP contribution in [0.2, 0.25) is 0 Å². The summed E-state index contributed by atoms with van der Waals surface area (Å²) in [6, 6.07) is 10.4. The van der Waals surface area contributed by atoms with E-state index in [-0.39, 0.29) is 0 Å². The maximum atomic E-state index is 3.13. The van der Waals surface area contributed by atoms with Crippen LogP contribution in [0.4, 0.5) is 0 Å². The predicted molar refractivity (Wildman–Crippen MR) is 58.6 cm³/mol. The van der Waals surface area contributed by atoms with Gasteiger partial charge in [-0.05, 0) is 32.0 Å². The largest absolute Gasteiger partial charge is 0.320 e. The molecule has 1 aromatic carbocycles. The van der Waals surface area contributed by atoms with Crippen LogP contribution in [0.5, 0.6) is 0 Å². The molecule has 0 aliphatic carbocycles. The van der Waals surface area contributed by atoms with E-state index in [1.54, 1.807) is 0 Å². The number of allylic oxidation sites excluding steroid dienone is 1. The topological polar surface area (TPSA) is 12.0 Å². The van der Waals surface area contributed by atoms with Gasteiger partial charge in [0, 0.05) is 0 Å². The Kier molecular flexibility index (Phi) is 4.95. The van der Waals surface area contributed by atoms with Crippen molar-refractivity contribution in [2.75, 3.05) is 13.6 Å². The van der Waals surface area contributed by atoms with E-state index in [4.69, 9.17) is 0 Å². The number of rotatable bonds is 5. The van der Waals surface area contributed by atoms with Gasteiger partial charge in [-0.2, -0.15) is 0 Å². The summed E-state index contributed by atoms with van der Waals surface area (Å²) in [5.74, 6) is 0. The molecule has 0 amide bonds. The molecule has 0 aliphatic heterocycles. The van der Waals surface area contributed by atoms with Gasteiger partial charge in [0.2, 0.25) is 0 Å². The Hall–Kier alpha value is -1.08. The summed E-state index contributed by atoms with van der Waals surface area (Å²) in [7, 11) is 1.99. The van der Waals surface area contributed by atoms with Gasteiger partial charge in [-0.25, -0.2) is 0 Å². The van der Waals surface area contributed by atoms with Gasteiger partial charge in [-0.1, -0.05) is 42.5 Å². The SMILES string of the molecule is CNCCCC=Cc1ccccc1. The zero-order chi connectivity index (χ0) is 9.36. The van der Waals surface area contributed by atoms with E-state index in [0.717, 1.165) is 13.0 Å². The number of hydrogen-bond acceptors (Lipinski definition) is 1. The highest BCUT2D eigenvalue weighted by atomic mass is 14.8. The van der Waals surface area contributed by atoms with Crippen LogP contribution in [0.15, 0.2) is 36.4 Å². The first kappa shape index (κ1) is 10.0. The van der Waals surface area contributed by atoms with Gasteiger partial charge in [0.05, 0.1) is 0 Å². The second-order valence-corrected chi connectivity index (χ2v) is 3.06. The van der Waals surface area contributed by atoms with Crippen molar-refractivity contribution < 1.29 is 0 Å². The lowest BCUT2D eigenvalue weighted by atomic mass is 10.2. The van der Waals surface area contributed by atoms with Crippen molar-refractivity contribution in [2.45, 2.75) is 12.8 Å². The molecule has 0 atom stereocenters. The normalized spacial score (nSPS) is 10.8. The molecule has 0 spiro atoms. The molecule has 0 radical (unpaired) electrons. The van der Waals surface area contributed by atoms with Gasteiger partial charge in [-0.3, -0.25) is 0 Å². The van der Waals surface area contributed by atoms with Gasteiger partial charge in [-0.15, -0.1) is 0 Å². The lowest BCUT2D eigenvalue weighted by Crippen LogP contribution is -2.06. The van der Waals surface area contributed by atoms with Crippen molar-refractivity contribution >= 4 is 6.08 Å². The van der Waals surface area contributed by atoms with E-state index in [1.165, 1.54) is 12.0 Å². The molecular weight excluding hydrogens is 158 g/mol. The molecule has 13 heavy (non-hydrogen) atoms. The zero-order valence-corrected chi connectivity index (χ0v) is 8.16. The molecule has 0 fully saturated rings. The average Bonchev–Trinajstić information content (AvgIpc) is 2.19. The van der Waals surface area contributed by atoms with E-state index in [1.807, 2.05) is 13.1 Å². The standard InChI is InChI=1S/C12H17N/c1-13-11-7-3-6-10-12-8-4-2-5-9-12/h2,4-6,8-10,13H,3,7,11H2,1H3. The summed E-state index contributed by atoms with van der Waals surface area (Å²) in [5, 5.41) is 3.13. The third kappa shape index (κ3) is 4.48.